The molecule has 0 radical (unpaired) electrons. The van der Waals surface area contributed by atoms with Crippen molar-refractivity contribution in [1.29, 1.82) is 0 Å². The van der Waals surface area contributed by atoms with Gasteiger partial charge in [0.15, 0.2) is 0 Å². The molecule has 1 heterocycles. The number of pyridine rings is 1. The summed E-state index contributed by atoms with van der Waals surface area (Å²) < 4.78 is 31.2. The Morgan fingerprint density at radius 1 is 1.65 bits per heavy atom. The summed E-state index contributed by atoms with van der Waals surface area (Å²) in [5.41, 5.74) is -0.198. The van der Waals surface area contributed by atoms with Crippen LogP contribution in [0.1, 0.15) is 24.6 Å². The van der Waals surface area contributed by atoms with Crippen molar-refractivity contribution in [2.75, 3.05) is 6.61 Å². The molecular weight excluding hydrogens is 411 g/mol. The average molecular weight is 420 g/mol. The number of hydrogen-bond acceptors (Lipinski definition) is 3. The summed E-state index contributed by atoms with van der Waals surface area (Å²) in [6.07, 6.45) is -2.93. The van der Waals surface area contributed by atoms with Crippen LogP contribution in [-0.2, 0) is 16.0 Å². The molecule has 0 bridgehead atoms. The van der Waals surface area contributed by atoms with Gasteiger partial charge in [-0.05, 0) is 35.6 Å². The second-order valence-electron chi connectivity index (χ2n) is 3.07. The van der Waals surface area contributed by atoms with Gasteiger partial charge in [-0.1, -0.05) is 15.9 Å². The molecule has 0 spiro atoms. The van der Waals surface area contributed by atoms with E-state index in [1.165, 1.54) is 0 Å². The SMILES string of the molecule is CCOC(=O)Cc1c(Br)cc(I)nc1C(F)F. The number of carbonyl (C=O) groups excluding carboxylic acids is 1. The monoisotopic (exact) mass is 419 g/mol. The molecule has 1 aromatic rings. The number of aromatic nitrogens is 1. The molecule has 0 fully saturated rings. The molecule has 94 valence electrons. The number of hydrogen-bond donors (Lipinski definition) is 0. The van der Waals surface area contributed by atoms with E-state index in [1.807, 2.05) is 22.6 Å². The van der Waals surface area contributed by atoms with Gasteiger partial charge in [-0.2, -0.15) is 0 Å². The molecule has 0 aromatic carbocycles. The summed E-state index contributed by atoms with van der Waals surface area (Å²) in [7, 11) is 0. The second kappa shape index (κ2) is 6.58. The average Bonchev–Trinajstić information content (AvgIpc) is 2.21. The van der Waals surface area contributed by atoms with Crippen LogP contribution < -0.4 is 0 Å². The number of ether oxygens (including phenoxy) is 1. The highest BCUT2D eigenvalue weighted by Crippen LogP contribution is 2.29. The third-order valence-electron chi connectivity index (χ3n) is 1.90. The zero-order chi connectivity index (χ0) is 13.0. The van der Waals surface area contributed by atoms with Gasteiger partial charge in [0.1, 0.15) is 9.39 Å². The number of carbonyl (C=O) groups is 1. The largest absolute Gasteiger partial charge is 0.466 e. The van der Waals surface area contributed by atoms with Crippen LogP contribution >= 0.6 is 38.5 Å². The molecule has 0 saturated carbocycles. The minimum atomic E-state index is -2.72. The zero-order valence-electron chi connectivity index (χ0n) is 8.84. The standard InChI is InChI=1S/C10H9BrF2INO2/c1-2-17-8(16)3-5-6(11)4-7(14)15-9(5)10(12)13/h4,10H,2-3H2,1H3. The fourth-order valence-corrected chi connectivity index (χ4v) is 2.80. The Bertz CT molecular complexity index is 429. The first-order chi connectivity index (χ1) is 7.95. The first-order valence-electron chi connectivity index (χ1n) is 4.74. The summed E-state index contributed by atoms with van der Waals surface area (Å²) in [6.45, 7) is 1.88. The Balaban J connectivity index is 3.08. The van der Waals surface area contributed by atoms with Crippen molar-refractivity contribution in [2.24, 2.45) is 0 Å². The number of rotatable bonds is 4. The van der Waals surface area contributed by atoms with Gasteiger partial charge in [0.2, 0.25) is 0 Å². The van der Waals surface area contributed by atoms with Crippen LogP contribution in [0, 0.1) is 3.70 Å². The highest BCUT2D eigenvalue weighted by Gasteiger charge is 2.21. The zero-order valence-corrected chi connectivity index (χ0v) is 12.6. The van der Waals surface area contributed by atoms with Crippen LogP contribution in [0.25, 0.3) is 0 Å². The summed E-state index contributed by atoms with van der Waals surface area (Å²) >= 11 is 5.00. The molecule has 0 aliphatic carbocycles. The Kier molecular flexibility index (Phi) is 5.71. The highest BCUT2D eigenvalue weighted by atomic mass is 127. The van der Waals surface area contributed by atoms with Gasteiger partial charge in [0.05, 0.1) is 13.0 Å². The minimum Gasteiger partial charge on any atom is -0.466 e. The third kappa shape index (κ3) is 4.13. The highest BCUT2D eigenvalue weighted by molar-refractivity contribution is 14.1. The molecule has 0 amide bonds. The lowest BCUT2D eigenvalue weighted by atomic mass is 10.1. The van der Waals surface area contributed by atoms with Gasteiger partial charge in [0.25, 0.3) is 6.43 Å². The summed E-state index contributed by atoms with van der Waals surface area (Å²) in [5, 5.41) is 0. The van der Waals surface area contributed by atoms with Crippen molar-refractivity contribution in [1.82, 2.24) is 4.98 Å². The maximum Gasteiger partial charge on any atom is 0.310 e. The van der Waals surface area contributed by atoms with Crippen molar-refractivity contribution >= 4 is 44.5 Å². The summed E-state index contributed by atoms with van der Waals surface area (Å²) in [4.78, 5) is 15.1. The van der Waals surface area contributed by atoms with Crippen LogP contribution in [-0.4, -0.2) is 17.6 Å². The fraction of sp³-hybridized carbons (Fsp3) is 0.400. The van der Waals surface area contributed by atoms with Gasteiger partial charge in [-0.25, -0.2) is 13.8 Å². The van der Waals surface area contributed by atoms with E-state index in [2.05, 4.69) is 20.9 Å². The molecule has 0 aliphatic rings. The van der Waals surface area contributed by atoms with E-state index in [4.69, 9.17) is 4.74 Å². The molecule has 7 heteroatoms. The van der Waals surface area contributed by atoms with Gasteiger partial charge < -0.3 is 4.74 Å². The predicted molar refractivity (Wildman–Crippen MR) is 69.9 cm³/mol. The number of nitrogens with zero attached hydrogens (tertiary/aromatic N) is 1. The van der Waals surface area contributed by atoms with Crippen molar-refractivity contribution in [3.8, 4) is 0 Å². The second-order valence-corrected chi connectivity index (χ2v) is 5.03. The Morgan fingerprint density at radius 3 is 2.82 bits per heavy atom. The van der Waals surface area contributed by atoms with E-state index in [0.29, 0.717) is 8.17 Å². The molecule has 0 aliphatic heterocycles. The van der Waals surface area contributed by atoms with E-state index in [-0.39, 0.29) is 24.3 Å². The van der Waals surface area contributed by atoms with E-state index < -0.39 is 12.4 Å². The van der Waals surface area contributed by atoms with E-state index in [0.717, 1.165) is 0 Å². The lowest BCUT2D eigenvalue weighted by Gasteiger charge is -2.10. The summed E-state index contributed by atoms with van der Waals surface area (Å²) in [5.74, 6) is -0.543. The van der Waals surface area contributed by atoms with Crippen molar-refractivity contribution < 1.29 is 18.3 Å². The normalized spacial score (nSPS) is 10.7. The Morgan fingerprint density at radius 2 is 2.29 bits per heavy atom. The van der Waals surface area contributed by atoms with Crippen LogP contribution in [0.5, 0.6) is 0 Å². The molecular formula is C10H9BrF2INO2. The van der Waals surface area contributed by atoms with Crippen LogP contribution in [0.4, 0.5) is 8.78 Å². The molecule has 3 nitrogen and oxygen atoms in total. The van der Waals surface area contributed by atoms with Crippen LogP contribution in [0.3, 0.4) is 0 Å². The van der Waals surface area contributed by atoms with Crippen molar-refractivity contribution in [3.05, 3.63) is 25.5 Å². The number of alkyl halides is 2. The lowest BCUT2D eigenvalue weighted by Crippen LogP contribution is -2.11. The molecule has 1 aromatic heterocycles. The maximum atomic E-state index is 12.8. The maximum absolute atomic E-state index is 12.8. The smallest absolute Gasteiger partial charge is 0.310 e. The summed E-state index contributed by atoms with van der Waals surface area (Å²) in [6, 6.07) is 1.58. The van der Waals surface area contributed by atoms with E-state index >= 15 is 0 Å². The molecule has 17 heavy (non-hydrogen) atoms. The van der Waals surface area contributed by atoms with Gasteiger partial charge in [-0.15, -0.1) is 0 Å². The quantitative estimate of drug-likeness (QED) is 0.426. The molecule has 0 atom stereocenters. The van der Waals surface area contributed by atoms with Gasteiger partial charge in [0, 0.05) is 10.0 Å². The fourth-order valence-electron chi connectivity index (χ4n) is 1.24. The first-order valence-corrected chi connectivity index (χ1v) is 6.61. The topological polar surface area (TPSA) is 39.2 Å². The van der Waals surface area contributed by atoms with Crippen molar-refractivity contribution in [2.45, 2.75) is 19.8 Å². The molecule has 1 rings (SSSR count). The number of halogens is 4. The van der Waals surface area contributed by atoms with Crippen molar-refractivity contribution in [3.63, 3.8) is 0 Å². The first kappa shape index (κ1) is 14.7. The Labute approximate surface area is 119 Å². The van der Waals surface area contributed by atoms with Gasteiger partial charge >= 0.3 is 5.97 Å². The third-order valence-corrected chi connectivity index (χ3v) is 3.16. The number of esters is 1. The van der Waals surface area contributed by atoms with Crippen LogP contribution in [0.15, 0.2) is 10.5 Å². The van der Waals surface area contributed by atoms with E-state index in [1.54, 1.807) is 13.0 Å². The van der Waals surface area contributed by atoms with Gasteiger partial charge in [-0.3, -0.25) is 4.79 Å². The lowest BCUT2D eigenvalue weighted by molar-refractivity contribution is -0.142. The minimum absolute atomic E-state index is 0.180. The molecule has 0 N–H and O–H groups in total. The Hall–Kier alpha value is -0.310. The van der Waals surface area contributed by atoms with E-state index in [9.17, 15) is 13.6 Å². The van der Waals surface area contributed by atoms with Crippen LogP contribution in [0.2, 0.25) is 0 Å². The molecule has 0 unspecified atom stereocenters. The predicted octanol–water partition coefficient (Wildman–Crippen LogP) is 3.49. The molecule has 0 saturated heterocycles.